The molecule has 0 fully saturated rings. The minimum Gasteiger partial charge on any atom is -0.345 e. The average molecular weight is 314 g/mol. The molecule has 122 valence electrons. The third kappa shape index (κ3) is 4.81. The van der Waals surface area contributed by atoms with Crippen molar-refractivity contribution in [3.63, 3.8) is 0 Å². The molecule has 0 saturated heterocycles. The minimum absolute atomic E-state index is 0.130. The third-order valence-corrected chi connectivity index (χ3v) is 3.68. The maximum absolute atomic E-state index is 13.3. The Morgan fingerprint density at radius 1 is 1.35 bits per heavy atom. The predicted octanol–water partition coefficient (Wildman–Crippen LogP) is 3.99. The fourth-order valence-electron chi connectivity index (χ4n) is 2.56. The number of nitrogens with zero attached hydrogens (tertiary/aromatic N) is 2. The van der Waals surface area contributed by atoms with E-state index < -0.39 is 0 Å². The molecular weight excluding hydrogens is 291 g/mol. The fourth-order valence-corrected chi connectivity index (χ4v) is 2.56. The van der Waals surface area contributed by atoms with Crippen LogP contribution < -0.4 is 0 Å². The van der Waals surface area contributed by atoms with Crippen LogP contribution in [0.15, 0.2) is 55.3 Å². The van der Waals surface area contributed by atoms with E-state index in [4.69, 9.17) is 0 Å². The third-order valence-electron chi connectivity index (χ3n) is 3.68. The molecule has 0 aliphatic carbocycles. The number of halogens is 1. The van der Waals surface area contributed by atoms with Crippen molar-refractivity contribution >= 4 is 5.91 Å². The van der Waals surface area contributed by atoms with Crippen molar-refractivity contribution in [2.24, 2.45) is 0 Å². The summed E-state index contributed by atoms with van der Waals surface area (Å²) in [7, 11) is 0. The summed E-state index contributed by atoms with van der Waals surface area (Å²) in [5.74, 6) is -0.103. The van der Waals surface area contributed by atoms with Crippen LogP contribution in [-0.4, -0.2) is 21.9 Å². The van der Waals surface area contributed by atoms with Gasteiger partial charge in [0.25, 0.3) is 0 Å². The molecule has 4 heteroatoms. The van der Waals surface area contributed by atoms with Crippen molar-refractivity contribution < 1.29 is 9.18 Å². The van der Waals surface area contributed by atoms with E-state index in [-0.39, 0.29) is 11.7 Å². The summed E-state index contributed by atoms with van der Waals surface area (Å²) in [6.07, 6.45) is 5.07. The van der Waals surface area contributed by atoms with Crippen LogP contribution in [0.25, 0.3) is 0 Å². The number of carbonyl (C=O) groups excluding carboxylic acids is 1. The molecule has 1 aromatic heterocycles. The smallest absolute Gasteiger partial charge is 0.223 e. The Bertz CT molecular complexity index is 663. The highest BCUT2D eigenvalue weighted by atomic mass is 19.1. The molecule has 2 rings (SSSR count). The van der Waals surface area contributed by atoms with E-state index in [1.807, 2.05) is 35.9 Å². The lowest BCUT2D eigenvalue weighted by Gasteiger charge is -2.22. The van der Waals surface area contributed by atoms with Crippen molar-refractivity contribution in [1.82, 2.24) is 9.47 Å². The minimum atomic E-state index is -0.234. The molecule has 0 unspecified atom stereocenters. The van der Waals surface area contributed by atoms with Gasteiger partial charge in [0.2, 0.25) is 5.91 Å². The summed E-state index contributed by atoms with van der Waals surface area (Å²) in [4.78, 5) is 14.0. The molecule has 23 heavy (non-hydrogen) atoms. The molecule has 0 spiro atoms. The lowest BCUT2D eigenvalue weighted by atomic mass is 10.2. The van der Waals surface area contributed by atoms with Gasteiger partial charge in [0.1, 0.15) is 5.82 Å². The number of rotatable bonds is 8. The number of aromatic nitrogens is 1. The summed E-state index contributed by atoms with van der Waals surface area (Å²) in [5, 5.41) is 0. The first-order valence-corrected chi connectivity index (χ1v) is 7.91. The molecule has 1 heterocycles. The summed E-state index contributed by atoms with van der Waals surface area (Å²) >= 11 is 0. The van der Waals surface area contributed by atoms with Gasteiger partial charge in [-0.1, -0.05) is 25.1 Å². The summed E-state index contributed by atoms with van der Waals surface area (Å²) in [5.41, 5.74) is 1.93. The number of benzene rings is 1. The highest BCUT2D eigenvalue weighted by Gasteiger charge is 2.13. The van der Waals surface area contributed by atoms with E-state index in [0.29, 0.717) is 26.1 Å². The standard InChI is InChI=1S/C19H23FN2O/c1-3-7-19(23)22(11-4-2)15-18-10-6-12-21(18)14-16-8-5-9-17(20)13-16/h4-6,8-10,12-13H,2-3,7,11,14-15H2,1H3. The molecule has 1 aromatic carbocycles. The number of amides is 1. The van der Waals surface area contributed by atoms with Crippen LogP contribution in [0.3, 0.4) is 0 Å². The van der Waals surface area contributed by atoms with Gasteiger partial charge in [-0.15, -0.1) is 6.58 Å². The molecule has 0 N–H and O–H groups in total. The van der Waals surface area contributed by atoms with Gasteiger partial charge < -0.3 is 9.47 Å². The van der Waals surface area contributed by atoms with E-state index in [0.717, 1.165) is 17.7 Å². The van der Waals surface area contributed by atoms with Crippen molar-refractivity contribution in [2.45, 2.75) is 32.9 Å². The van der Waals surface area contributed by atoms with Crippen molar-refractivity contribution in [2.75, 3.05) is 6.54 Å². The summed E-state index contributed by atoms with van der Waals surface area (Å²) in [6.45, 7) is 7.38. The van der Waals surface area contributed by atoms with Crippen LogP contribution in [0.1, 0.15) is 31.0 Å². The predicted molar refractivity (Wildman–Crippen MR) is 90.5 cm³/mol. The normalized spacial score (nSPS) is 10.5. The molecule has 0 aliphatic rings. The van der Waals surface area contributed by atoms with Gasteiger partial charge in [-0.05, 0) is 36.2 Å². The summed E-state index contributed by atoms with van der Waals surface area (Å²) in [6, 6.07) is 10.5. The average Bonchev–Trinajstić information content (AvgIpc) is 2.94. The van der Waals surface area contributed by atoms with E-state index in [1.54, 1.807) is 17.0 Å². The van der Waals surface area contributed by atoms with Crippen LogP contribution in [0, 0.1) is 5.82 Å². The van der Waals surface area contributed by atoms with Crippen LogP contribution in [0.2, 0.25) is 0 Å². The Morgan fingerprint density at radius 3 is 2.87 bits per heavy atom. The second-order valence-corrected chi connectivity index (χ2v) is 5.57. The molecule has 0 atom stereocenters. The number of carbonyl (C=O) groups is 1. The first-order valence-electron chi connectivity index (χ1n) is 7.91. The zero-order chi connectivity index (χ0) is 16.7. The Morgan fingerprint density at radius 2 is 2.17 bits per heavy atom. The van der Waals surface area contributed by atoms with Gasteiger partial charge in [0, 0.05) is 31.4 Å². The summed E-state index contributed by atoms with van der Waals surface area (Å²) < 4.78 is 15.4. The van der Waals surface area contributed by atoms with Crippen molar-refractivity contribution in [3.8, 4) is 0 Å². The molecule has 2 aromatic rings. The van der Waals surface area contributed by atoms with E-state index >= 15 is 0 Å². The lowest BCUT2D eigenvalue weighted by molar-refractivity contribution is -0.131. The lowest BCUT2D eigenvalue weighted by Crippen LogP contribution is -2.31. The monoisotopic (exact) mass is 314 g/mol. The molecule has 0 radical (unpaired) electrons. The Hall–Kier alpha value is -2.36. The molecule has 0 bridgehead atoms. The van der Waals surface area contributed by atoms with Crippen molar-refractivity contribution in [3.05, 3.63) is 72.3 Å². The Kier molecular flexibility index (Phi) is 6.15. The quantitative estimate of drug-likeness (QED) is 0.676. The molecule has 0 saturated carbocycles. The maximum Gasteiger partial charge on any atom is 0.223 e. The molecule has 3 nitrogen and oxygen atoms in total. The zero-order valence-electron chi connectivity index (χ0n) is 13.5. The fraction of sp³-hybridized carbons (Fsp3) is 0.316. The SMILES string of the molecule is C=CCN(Cc1cccn1Cc1cccc(F)c1)C(=O)CCC. The largest absolute Gasteiger partial charge is 0.345 e. The van der Waals surface area contributed by atoms with Crippen LogP contribution in [0.4, 0.5) is 4.39 Å². The van der Waals surface area contributed by atoms with Gasteiger partial charge in [-0.25, -0.2) is 4.39 Å². The first-order chi connectivity index (χ1) is 11.1. The zero-order valence-corrected chi connectivity index (χ0v) is 13.5. The van der Waals surface area contributed by atoms with Gasteiger partial charge >= 0.3 is 0 Å². The van der Waals surface area contributed by atoms with Gasteiger partial charge in [0.05, 0.1) is 6.54 Å². The van der Waals surface area contributed by atoms with Gasteiger partial charge in [0.15, 0.2) is 0 Å². The van der Waals surface area contributed by atoms with Gasteiger partial charge in [-0.2, -0.15) is 0 Å². The second-order valence-electron chi connectivity index (χ2n) is 5.57. The second kappa shape index (κ2) is 8.32. The van der Waals surface area contributed by atoms with E-state index in [1.165, 1.54) is 12.1 Å². The molecule has 0 aliphatic heterocycles. The van der Waals surface area contributed by atoms with Crippen LogP contribution in [0.5, 0.6) is 0 Å². The topological polar surface area (TPSA) is 25.2 Å². The molecular formula is C19H23FN2O. The maximum atomic E-state index is 13.3. The van der Waals surface area contributed by atoms with E-state index in [2.05, 4.69) is 6.58 Å². The van der Waals surface area contributed by atoms with Crippen molar-refractivity contribution in [1.29, 1.82) is 0 Å². The first kappa shape index (κ1) is 17.0. The number of hydrogen-bond acceptors (Lipinski definition) is 1. The van der Waals surface area contributed by atoms with Gasteiger partial charge in [-0.3, -0.25) is 4.79 Å². The van der Waals surface area contributed by atoms with Crippen LogP contribution >= 0.6 is 0 Å². The van der Waals surface area contributed by atoms with E-state index in [9.17, 15) is 9.18 Å². The molecule has 1 amide bonds. The van der Waals surface area contributed by atoms with Crippen LogP contribution in [-0.2, 0) is 17.9 Å². The Labute approximate surface area is 137 Å². The highest BCUT2D eigenvalue weighted by molar-refractivity contribution is 5.76. The highest BCUT2D eigenvalue weighted by Crippen LogP contribution is 2.12. The Balaban J connectivity index is 2.12. The number of hydrogen-bond donors (Lipinski definition) is 0.